The maximum absolute atomic E-state index is 12.7. The van der Waals surface area contributed by atoms with Gasteiger partial charge in [-0.15, -0.1) is 0 Å². The van der Waals surface area contributed by atoms with Crippen molar-refractivity contribution in [2.75, 3.05) is 13.2 Å². The molecule has 5 nitrogen and oxygen atoms in total. The lowest BCUT2D eigenvalue weighted by Crippen LogP contribution is -2.67. The van der Waals surface area contributed by atoms with E-state index in [1.807, 2.05) is 0 Å². The molecule has 1 N–H and O–H groups in total. The van der Waals surface area contributed by atoms with Gasteiger partial charge in [-0.3, -0.25) is 4.79 Å². The average Bonchev–Trinajstić information content (AvgIpc) is 3.30. The Morgan fingerprint density at radius 2 is 1.60 bits per heavy atom. The number of esters is 1. The SMILES string of the molecule is C=C(C)[C@@H]1CC[C@]2(COC(=O)NCCCC)CC[C@]3(C)[C@H](CC[C@@H]4[C@@]5(C)CC[C@H](OC(C)=O)C(C)(C)[C@@H]5CC[C@]43C)[C@@H]12. The zero-order chi connectivity index (χ0) is 30.7. The molecule has 0 aromatic heterocycles. The Hall–Kier alpha value is -1.52. The van der Waals surface area contributed by atoms with Crippen LogP contribution >= 0.6 is 0 Å². The van der Waals surface area contributed by atoms with Crippen molar-refractivity contribution in [3.8, 4) is 0 Å². The maximum atomic E-state index is 12.7. The van der Waals surface area contributed by atoms with Gasteiger partial charge in [0.2, 0.25) is 0 Å². The van der Waals surface area contributed by atoms with Gasteiger partial charge in [0.05, 0.1) is 6.61 Å². The van der Waals surface area contributed by atoms with Gasteiger partial charge in [-0.2, -0.15) is 0 Å². The fraction of sp³-hybridized carbons (Fsp3) is 0.892. The van der Waals surface area contributed by atoms with Crippen LogP contribution in [0.15, 0.2) is 12.2 Å². The van der Waals surface area contributed by atoms with Crippen LogP contribution in [0, 0.1) is 56.7 Å². The summed E-state index contributed by atoms with van der Waals surface area (Å²) >= 11 is 0. The number of hydrogen-bond acceptors (Lipinski definition) is 4. The van der Waals surface area contributed by atoms with E-state index >= 15 is 0 Å². The number of nitrogens with one attached hydrogen (secondary N) is 1. The van der Waals surface area contributed by atoms with Gasteiger partial charge in [-0.05, 0) is 123 Å². The number of unbranched alkanes of at least 4 members (excludes halogenated alkanes) is 1. The van der Waals surface area contributed by atoms with Crippen molar-refractivity contribution in [1.82, 2.24) is 5.32 Å². The third kappa shape index (κ3) is 4.77. The Kier molecular flexibility index (Phi) is 8.45. The molecule has 5 heteroatoms. The van der Waals surface area contributed by atoms with E-state index in [1.165, 1.54) is 44.1 Å². The Morgan fingerprint density at radius 3 is 2.26 bits per heavy atom. The standard InChI is InChI=1S/C37H61NO4/c1-10-11-22-38-32(40)41-23-37-19-14-26(24(2)3)31(37)27-12-13-29-34(7)17-16-30(42-25(4)39)33(5,6)28(34)15-18-36(29,9)35(27,8)20-21-37/h26-31H,2,10-23H2,1,3-9H3,(H,38,40)/t26-,27+,28-,29+,30-,31+,34-,35+,36+,37+/m0/s1. The lowest BCUT2D eigenvalue weighted by Gasteiger charge is -2.73. The predicted octanol–water partition coefficient (Wildman–Crippen LogP) is 9.10. The number of alkyl carbamates (subject to hydrolysis) is 1. The minimum absolute atomic E-state index is 0.00892. The van der Waals surface area contributed by atoms with Crippen molar-refractivity contribution in [1.29, 1.82) is 0 Å². The molecule has 0 heterocycles. The Bertz CT molecular complexity index is 1070. The highest BCUT2D eigenvalue weighted by Crippen LogP contribution is 2.77. The molecule has 238 valence electrons. The van der Waals surface area contributed by atoms with Crippen LogP contribution in [0.5, 0.6) is 0 Å². The molecule has 10 atom stereocenters. The summed E-state index contributed by atoms with van der Waals surface area (Å²) in [6, 6.07) is 0. The summed E-state index contributed by atoms with van der Waals surface area (Å²) in [6.45, 7) is 24.4. The highest BCUT2D eigenvalue weighted by molar-refractivity contribution is 5.67. The van der Waals surface area contributed by atoms with Gasteiger partial charge >= 0.3 is 12.1 Å². The van der Waals surface area contributed by atoms with Gasteiger partial charge in [0.25, 0.3) is 0 Å². The molecule has 0 spiro atoms. The van der Waals surface area contributed by atoms with Crippen LogP contribution in [-0.4, -0.2) is 31.3 Å². The van der Waals surface area contributed by atoms with Crippen LogP contribution in [0.1, 0.15) is 132 Å². The van der Waals surface area contributed by atoms with Crippen LogP contribution in [0.2, 0.25) is 0 Å². The summed E-state index contributed by atoms with van der Waals surface area (Å²) in [6.07, 6.45) is 13.7. The summed E-state index contributed by atoms with van der Waals surface area (Å²) in [5.41, 5.74) is 2.19. The summed E-state index contributed by atoms with van der Waals surface area (Å²) < 4.78 is 12.0. The number of carbonyl (C=O) groups is 2. The molecule has 0 unspecified atom stereocenters. The second-order valence-corrected chi connectivity index (χ2v) is 16.9. The van der Waals surface area contributed by atoms with Crippen molar-refractivity contribution in [3.05, 3.63) is 12.2 Å². The third-order valence-corrected chi connectivity index (χ3v) is 14.8. The van der Waals surface area contributed by atoms with Crippen LogP contribution in [0.3, 0.4) is 0 Å². The minimum atomic E-state index is -0.238. The number of amides is 1. The summed E-state index contributed by atoms with van der Waals surface area (Å²) in [4.78, 5) is 24.7. The van der Waals surface area contributed by atoms with Crippen LogP contribution < -0.4 is 5.32 Å². The molecular formula is C37H61NO4. The topological polar surface area (TPSA) is 64.6 Å². The van der Waals surface area contributed by atoms with Gasteiger partial charge in [0, 0.05) is 24.3 Å². The smallest absolute Gasteiger partial charge is 0.407 e. The van der Waals surface area contributed by atoms with Gasteiger partial charge in [0.15, 0.2) is 0 Å². The van der Waals surface area contributed by atoms with Crippen molar-refractivity contribution < 1.29 is 19.1 Å². The molecule has 0 saturated heterocycles. The van der Waals surface area contributed by atoms with E-state index in [1.54, 1.807) is 6.92 Å². The van der Waals surface area contributed by atoms with Gasteiger partial charge < -0.3 is 14.8 Å². The van der Waals surface area contributed by atoms with Crippen molar-refractivity contribution in [3.63, 3.8) is 0 Å². The first-order chi connectivity index (χ1) is 19.7. The van der Waals surface area contributed by atoms with Gasteiger partial charge in [-0.1, -0.05) is 60.1 Å². The van der Waals surface area contributed by atoms with E-state index in [4.69, 9.17) is 9.47 Å². The molecular weight excluding hydrogens is 522 g/mol. The fourth-order valence-corrected chi connectivity index (χ4v) is 12.6. The molecule has 42 heavy (non-hydrogen) atoms. The first kappa shape index (κ1) is 31.9. The Labute approximate surface area is 256 Å². The van der Waals surface area contributed by atoms with E-state index in [0.717, 1.165) is 38.5 Å². The molecule has 5 rings (SSSR count). The zero-order valence-electron chi connectivity index (χ0n) is 28.2. The van der Waals surface area contributed by atoms with E-state index in [0.29, 0.717) is 42.7 Å². The number of ether oxygens (including phenoxy) is 2. The quantitative estimate of drug-likeness (QED) is 0.184. The van der Waals surface area contributed by atoms with Crippen molar-refractivity contribution in [2.24, 2.45) is 56.7 Å². The molecule has 0 aliphatic heterocycles. The summed E-state index contributed by atoms with van der Waals surface area (Å²) in [5.74, 6) is 2.80. The fourth-order valence-electron chi connectivity index (χ4n) is 12.6. The second-order valence-electron chi connectivity index (χ2n) is 16.9. The minimum Gasteiger partial charge on any atom is -0.462 e. The third-order valence-electron chi connectivity index (χ3n) is 14.8. The van der Waals surface area contributed by atoms with Crippen LogP contribution in [0.25, 0.3) is 0 Å². The highest BCUT2D eigenvalue weighted by atomic mass is 16.6. The number of carbonyl (C=O) groups excluding carboxylic acids is 2. The molecule has 0 radical (unpaired) electrons. The van der Waals surface area contributed by atoms with Crippen LogP contribution in [-0.2, 0) is 14.3 Å². The molecule has 5 saturated carbocycles. The Balaban J connectivity index is 1.42. The van der Waals surface area contributed by atoms with Crippen molar-refractivity contribution in [2.45, 2.75) is 139 Å². The van der Waals surface area contributed by atoms with Gasteiger partial charge in [-0.25, -0.2) is 4.79 Å². The van der Waals surface area contributed by atoms with Crippen LogP contribution in [0.4, 0.5) is 4.79 Å². The monoisotopic (exact) mass is 583 g/mol. The first-order valence-corrected chi connectivity index (χ1v) is 17.4. The lowest BCUT2D eigenvalue weighted by molar-refractivity contribution is -0.251. The molecule has 1 amide bonds. The number of hydrogen-bond donors (Lipinski definition) is 1. The van der Waals surface area contributed by atoms with E-state index in [-0.39, 0.29) is 45.2 Å². The normalized spacial score (nSPS) is 45.4. The molecule has 5 aliphatic carbocycles. The number of fused-ring (bicyclic) bond motifs is 7. The zero-order valence-corrected chi connectivity index (χ0v) is 28.2. The average molecular weight is 584 g/mol. The summed E-state index contributed by atoms with van der Waals surface area (Å²) in [7, 11) is 0. The first-order valence-electron chi connectivity index (χ1n) is 17.4. The van der Waals surface area contributed by atoms with E-state index in [9.17, 15) is 9.59 Å². The van der Waals surface area contributed by atoms with Gasteiger partial charge in [0.1, 0.15) is 6.10 Å². The molecule has 0 aromatic carbocycles. The predicted molar refractivity (Wildman–Crippen MR) is 169 cm³/mol. The highest BCUT2D eigenvalue weighted by Gasteiger charge is 2.71. The number of allylic oxidation sites excluding steroid dienone is 1. The van der Waals surface area contributed by atoms with Crippen molar-refractivity contribution >= 4 is 12.1 Å². The second kappa shape index (κ2) is 11.1. The van der Waals surface area contributed by atoms with E-state index < -0.39 is 0 Å². The molecule has 0 bridgehead atoms. The molecule has 5 aliphatic rings. The van der Waals surface area contributed by atoms with E-state index in [2.05, 4.69) is 60.4 Å². The summed E-state index contributed by atoms with van der Waals surface area (Å²) in [5, 5.41) is 2.98. The lowest BCUT2D eigenvalue weighted by atomic mass is 9.32. The number of rotatable bonds is 7. The maximum Gasteiger partial charge on any atom is 0.407 e. The molecule has 5 fully saturated rings. The molecule has 0 aromatic rings. The largest absolute Gasteiger partial charge is 0.462 e. The Morgan fingerprint density at radius 1 is 0.857 bits per heavy atom.